The fourth-order valence-electron chi connectivity index (χ4n) is 1.78. The van der Waals surface area contributed by atoms with Crippen LogP contribution in [0.4, 0.5) is 5.69 Å². The predicted molar refractivity (Wildman–Crippen MR) is 69.7 cm³/mol. The predicted octanol–water partition coefficient (Wildman–Crippen LogP) is 0.621. The standard InChI is InChI=1S/C10H9NO7S2/c11-9-8(12)3-5-1-2-6(19(13,14)15)4-7(5)10(9)20(16,17)18/h1-4,12H,11H2,(H,13,14,15)(H,16,17,18). The second kappa shape index (κ2) is 4.31. The Morgan fingerprint density at radius 2 is 1.55 bits per heavy atom. The lowest BCUT2D eigenvalue weighted by Crippen LogP contribution is -2.05. The average molecular weight is 319 g/mol. The van der Waals surface area contributed by atoms with Crippen LogP contribution in [-0.2, 0) is 20.2 Å². The van der Waals surface area contributed by atoms with Gasteiger partial charge in [-0.25, -0.2) is 0 Å². The number of anilines is 1. The van der Waals surface area contributed by atoms with Crippen molar-refractivity contribution in [3.05, 3.63) is 24.3 Å². The maximum atomic E-state index is 11.3. The van der Waals surface area contributed by atoms with Crippen LogP contribution in [0.25, 0.3) is 10.8 Å². The molecule has 0 aliphatic carbocycles. The lowest BCUT2D eigenvalue weighted by atomic mass is 10.1. The van der Waals surface area contributed by atoms with Crippen molar-refractivity contribution < 1.29 is 31.0 Å². The molecule has 0 aliphatic heterocycles. The molecule has 0 bridgehead atoms. The Morgan fingerprint density at radius 3 is 2.05 bits per heavy atom. The molecular formula is C10H9NO7S2. The Bertz CT molecular complexity index is 916. The van der Waals surface area contributed by atoms with Crippen molar-refractivity contribution in [2.75, 3.05) is 5.73 Å². The van der Waals surface area contributed by atoms with Gasteiger partial charge >= 0.3 is 0 Å². The zero-order valence-electron chi connectivity index (χ0n) is 9.68. The maximum Gasteiger partial charge on any atom is 0.297 e. The molecule has 0 atom stereocenters. The first kappa shape index (κ1) is 14.5. The van der Waals surface area contributed by atoms with Gasteiger partial charge in [-0.2, -0.15) is 16.8 Å². The Kier molecular flexibility index (Phi) is 3.13. The minimum absolute atomic E-state index is 0.122. The summed E-state index contributed by atoms with van der Waals surface area (Å²) in [7, 11) is -9.37. The van der Waals surface area contributed by atoms with Crippen molar-refractivity contribution in [3.8, 4) is 5.75 Å². The molecule has 0 radical (unpaired) electrons. The highest BCUT2D eigenvalue weighted by Gasteiger charge is 2.22. The van der Waals surface area contributed by atoms with E-state index >= 15 is 0 Å². The van der Waals surface area contributed by atoms with Gasteiger partial charge < -0.3 is 10.8 Å². The van der Waals surface area contributed by atoms with E-state index < -0.39 is 41.5 Å². The molecule has 108 valence electrons. The summed E-state index contributed by atoms with van der Waals surface area (Å²) in [6.07, 6.45) is 0. The molecule has 0 spiro atoms. The van der Waals surface area contributed by atoms with Gasteiger partial charge in [-0.3, -0.25) is 9.11 Å². The Labute approximate surface area is 114 Å². The summed E-state index contributed by atoms with van der Waals surface area (Å²) in [4.78, 5) is -1.39. The molecule has 0 unspecified atom stereocenters. The van der Waals surface area contributed by atoms with E-state index in [4.69, 9.17) is 14.8 Å². The molecule has 10 heteroatoms. The summed E-state index contributed by atoms with van der Waals surface area (Å²) >= 11 is 0. The Hall–Kier alpha value is -1.88. The average Bonchev–Trinajstić information content (AvgIpc) is 2.27. The number of phenols is 1. The van der Waals surface area contributed by atoms with Crippen molar-refractivity contribution in [3.63, 3.8) is 0 Å². The van der Waals surface area contributed by atoms with E-state index in [2.05, 4.69) is 0 Å². The number of hydrogen-bond acceptors (Lipinski definition) is 6. The summed E-state index contributed by atoms with van der Waals surface area (Å²) in [5.41, 5.74) is 4.77. The van der Waals surface area contributed by atoms with E-state index in [1.54, 1.807) is 0 Å². The quantitative estimate of drug-likeness (QED) is 0.356. The van der Waals surface area contributed by atoms with Gasteiger partial charge in [0.15, 0.2) is 0 Å². The normalized spacial score (nSPS) is 12.7. The Morgan fingerprint density at radius 1 is 0.950 bits per heavy atom. The smallest absolute Gasteiger partial charge is 0.297 e. The molecule has 0 amide bonds. The highest BCUT2D eigenvalue weighted by molar-refractivity contribution is 7.86. The van der Waals surface area contributed by atoms with Crippen molar-refractivity contribution in [1.29, 1.82) is 0 Å². The maximum absolute atomic E-state index is 11.3. The number of nitrogen functional groups attached to an aromatic ring is 1. The number of nitrogens with two attached hydrogens (primary N) is 1. The van der Waals surface area contributed by atoms with Gasteiger partial charge in [-0.05, 0) is 23.6 Å². The highest BCUT2D eigenvalue weighted by Crippen LogP contribution is 2.36. The molecule has 0 aliphatic rings. The Balaban J connectivity index is 3.05. The van der Waals surface area contributed by atoms with Gasteiger partial charge in [0.05, 0.1) is 10.6 Å². The van der Waals surface area contributed by atoms with Crippen molar-refractivity contribution >= 4 is 36.7 Å². The third-order valence-corrected chi connectivity index (χ3v) is 4.44. The molecule has 8 nitrogen and oxygen atoms in total. The first-order valence-corrected chi connectivity index (χ1v) is 7.90. The second-order valence-electron chi connectivity index (χ2n) is 3.97. The zero-order chi connectivity index (χ0) is 15.3. The third kappa shape index (κ3) is 2.41. The number of fused-ring (bicyclic) bond motifs is 1. The largest absolute Gasteiger partial charge is 0.506 e. The molecule has 0 heterocycles. The molecule has 2 aromatic carbocycles. The fraction of sp³-hybridized carbons (Fsp3) is 0. The molecule has 0 fully saturated rings. The lowest BCUT2D eigenvalue weighted by Gasteiger charge is -2.10. The van der Waals surface area contributed by atoms with Crippen LogP contribution in [0.5, 0.6) is 5.75 Å². The summed E-state index contributed by atoms with van der Waals surface area (Å²) in [6, 6.07) is 4.12. The van der Waals surface area contributed by atoms with E-state index in [-0.39, 0.29) is 10.8 Å². The van der Waals surface area contributed by atoms with Gasteiger partial charge in [0.25, 0.3) is 20.2 Å². The molecule has 20 heavy (non-hydrogen) atoms. The molecule has 5 N–H and O–H groups in total. The number of benzene rings is 2. The lowest BCUT2D eigenvalue weighted by molar-refractivity contribution is 0.470. The SMILES string of the molecule is Nc1c(O)cc2ccc(S(=O)(=O)O)cc2c1S(=O)(=O)O. The van der Waals surface area contributed by atoms with Crippen LogP contribution in [-0.4, -0.2) is 31.0 Å². The van der Waals surface area contributed by atoms with Crippen molar-refractivity contribution in [2.24, 2.45) is 0 Å². The van der Waals surface area contributed by atoms with Gasteiger partial charge in [-0.15, -0.1) is 0 Å². The van der Waals surface area contributed by atoms with Crippen LogP contribution in [0.2, 0.25) is 0 Å². The van der Waals surface area contributed by atoms with Crippen LogP contribution < -0.4 is 5.73 Å². The van der Waals surface area contributed by atoms with Crippen molar-refractivity contribution in [1.82, 2.24) is 0 Å². The summed E-state index contributed by atoms with van der Waals surface area (Å²) in [5.74, 6) is -0.579. The van der Waals surface area contributed by atoms with Crippen LogP contribution >= 0.6 is 0 Å². The van der Waals surface area contributed by atoms with Crippen molar-refractivity contribution in [2.45, 2.75) is 9.79 Å². The molecule has 0 saturated heterocycles. The molecule has 0 saturated carbocycles. The minimum atomic E-state index is -4.81. The van der Waals surface area contributed by atoms with E-state index in [0.717, 1.165) is 24.3 Å². The van der Waals surface area contributed by atoms with Crippen LogP contribution in [0.3, 0.4) is 0 Å². The molecular weight excluding hydrogens is 310 g/mol. The van der Waals surface area contributed by atoms with E-state index in [1.165, 1.54) is 0 Å². The van der Waals surface area contributed by atoms with Crippen LogP contribution in [0.1, 0.15) is 0 Å². The van der Waals surface area contributed by atoms with E-state index in [1.807, 2.05) is 0 Å². The van der Waals surface area contributed by atoms with Crippen LogP contribution in [0, 0.1) is 0 Å². The molecule has 0 aromatic heterocycles. The number of rotatable bonds is 2. The number of aromatic hydroxyl groups is 1. The summed E-state index contributed by atoms with van der Waals surface area (Å²) < 4.78 is 62.9. The molecule has 2 aromatic rings. The highest BCUT2D eigenvalue weighted by atomic mass is 32.2. The zero-order valence-corrected chi connectivity index (χ0v) is 11.3. The molecule has 2 rings (SSSR count). The van der Waals surface area contributed by atoms with Gasteiger partial charge in [0.1, 0.15) is 10.6 Å². The fourth-order valence-corrected chi connectivity index (χ4v) is 3.13. The summed E-state index contributed by atoms with van der Waals surface area (Å²) in [6.45, 7) is 0. The topological polar surface area (TPSA) is 155 Å². The monoisotopic (exact) mass is 319 g/mol. The third-order valence-electron chi connectivity index (χ3n) is 2.64. The van der Waals surface area contributed by atoms with Gasteiger partial charge in [0.2, 0.25) is 0 Å². The second-order valence-corrected chi connectivity index (χ2v) is 6.75. The first-order chi connectivity index (χ1) is 9.01. The van der Waals surface area contributed by atoms with E-state index in [9.17, 15) is 21.9 Å². The summed E-state index contributed by atoms with van der Waals surface area (Å²) in [5, 5.41) is 9.41. The van der Waals surface area contributed by atoms with E-state index in [0.29, 0.717) is 0 Å². The minimum Gasteiger partial charge on any atom is -0.506 e. The van der Waals surface area contributed by atoms with Gasteiger partial charge in [0, 0.05) is 5.39 Å². The van der Waals surface area contributed by atoms with Gasteiger partial charge in [-0.1, -0.05) is 6.07 Å². The number of phenolic OH excluding ortho intramolecular Hbond substituents is 1. The first-order valence-electron chi connectivity index (χ1n) is 5.02. The van der Waals surface area contributed by atoms with Crippen LogP contribution in [0.15, 0.2) is 34.1 Å². The number of hydrogen-bond donors (Lipinski definition) is 4.